The van der Waals surface area contributed by atoms with Crippen LogP contribution in [0.2, 0.25) is 0 Å². The SMILES string of the molecule is [2H]c1c([2H])c(-c2nc(-n3c4ccccc4c4c([2H])c([2H])c([2H])c([2H])c43)nc(-n3c4ccccc4c4c([2H])c([2H])c([2H])c([2H])c43)n2)c([2H])c(-n2c3ccccc3c3ccccc32)c1[2H]. The largest absolute Gasteiger partial charge is 0.309 e. The molecule has 4 heterocycles. The summed E-state index contributed by atoms with van der Waals surface area (Å²) in [6.45, 7) is 0. The summed E-state index contributed by atoms with van der Waals surface area (Å²) < 4.78 is 113. The Balaban J connectivity index is 1.33. The van der Waals surface area contributed by atoms with E-state index in [-0.39, 0.29) is 87.0 Å². The first kappa shape index (κ1) is 18.6. The van der Waals surface area contributed by atoms with Crippen LogP contribution >= 0.6 is 0 Å². The van der Waals surface area contributed by atoms with Crippen molar-refractivity contribution >= 4 is 65.4 Å². The van der Waals surface area contributed by atoms with Crippen molar-refractivity contribution in [3.63, 3.8) is 0 Å². The lowest BCUT2D eigenvalue weighted by atomic mass is 10.2. The van der Waals surface area contributed by atoms with E-state index in [1.807, 2.05) is 48.5 Å². The van der Waals surface area contributed by atoms with Crippen LogP contribution in [-0.4, -0.2) is 28.7 Å². The van der Waals surface area contributed by atoms with Gasteiger partial charge in [0, 0.05) is 43.6 Å². The summed E-state index contributed by atoms with van der Waals surface area (Å²) in [5.41, 5.74) is 1.88. The molecule has 238 valence electrons. The summed E-state index contributed by atoms with van der Waals surface area (Å²) in [7, 11) is 0. The van der Waals surface area contributed by atoms with Gasteiger partial charge >= 0.3 is 0 Å². The Hall–Kier alpha value is -7.05. The second-order valence-electron chi connectivity index (χ2n) is 12.0. The number of hydrogen-bond donors (Lipinski definition) is 0. The number of benzene rings is 7. The number of fused-ring (bicyclic) bond motifs is 9. The molecule has 51 heavy (non-hydrogen) atoms. The summed E-state index contributed by atoms with van der Waals surface area (Å²) in [6, 6.07) is 23.6. The summed E-state index contributed by atoms with van der Waals surface area (Å²) in [5.74, 6) is -0.729. The molecule has 0 radical (unpaired) electrons. The Labute approximate surface area is 309 Å². The molecule has 0 saturated heterocycles. The van der Waals surface area contributed by atoms with Crippen LogP contribution in [0, 0.1) is 0 Å². The monoisotopic (exact) mass is 664 g/mol. The van der Waals surface area contributed by atoms with Gasteiger partial charge in [0.15, 0.2) is 5.82 Å². The topological polar surface area (TPSA) is 53.5 Å². The normalized spacial score (nSPS) is 15.2. The molecule has 0 aliphatic carbocycles. The third-order valence-corrected chi connectivity index (χ3v) is 9.26. The number of hydrogen-bond acceptors (Lipinski definition) is 3. The van der Waals surface area contributed by atoms with Crippen LogP contribution < -0.4 is 0 Å². The molecule has 0 atom stereocenters. The average Bonchev–Trinajstić information content (AvgIpc) is 3.95. The zero-order valence-corrected chi connectivity index (χ0v) is 26.4. The van der Waals surface area contributed by atoms with E-state index in [1.165, 1.54) is 9.13 Å². The summed E-state index contributed by atoms with van der Waals surface area (Å²) in [4.78, 5) is 14.7. The van der Waals surface area contributed by atoms with Crippen LogP contribution in [0.15, 0.2) is 170 Å². The third-order valence-electron chi connectivity index (χ3n) is 9.26. The van der Waals surface area contributed by atoms with Crippen LogP contribution in [0.4, 0.5) is 0 Å². The van der Waals surface area contributed by atoms with Crippen molar-refractivity contribution in [2.75, 3.05) is 0 Å². The quantitative estimate of drug-likeness (QED) is 0.188. The van der Waals surface area contributed by atoms with Gasteiger partial charge in [0.25, 0.3) is 0 Å². The maximum Gasteiger partial charge on any atom is 0.240 e. The van der Waals surface area contributed by atoms with E-state index in [0.29, 0.717) is 32.8 Å². The predicted octanol–water partition coefficient (Wildman–Crippen LogP) is 10.8. The highest BCUT2D eigenvalue weighted by molar-refractivity contribution is 6.11. The fourth-order valence-electron chi connectivity index (χ4n) is 7.14. The Bertz CT molecular complexity index is 3640. The molecular formula is C45H28N6. The molecule has 6 nitrogen and oxygen atoms in total. The minimum Gasteiger partial charge on any atom is -0.309 e. The van der Waals surface area contributed by atoms with E-state index < -0.39 is 36.3 Å². The zero-order chi connectivity index (χ0) is 43.9. The molecule has 0 N–H and O–H groups in total. The maximum absolute atomic E-state index is 9.87. The number of aromatic nitrogens is 6. The molecule has 11 rings (SSSR count). The van der Waals surface area contributed by atoms with Crippen LogP contribution in [0.3, 0.4) is 0 Å². The highest BCUT2D eigenvalue weighted by Gasteiger charge is 2.21. The smallest absolute Gasteiger partial charge is 0.240 e. The van der Waals surface area contributed by atoms with E-state index in [2.05, 4.69) is 0 Å². The van der Waals surface area contributed by atoms with Gasteiger partial charge in [-0.05, 0) is 48.4 Å². The zero-order valence-electron chi connectivity index (χ0n) is 38.4. The minimum atomic E-state index is -0.536. The Morgan fingerprint density at radius 1 is 0.373 bits per heavy atom. The van der Waals surface area contributed by atoms with Gasteiger partial charge in [0.2, 0.25) is 11.9 Å². The van der Waals surface area contributed by atoms with Crippen LogP contribution in [0.1, 0.15) is 16.4 Å². The lowest BCUT2D eigenvalue weighted by Crippen LogP contribution is -2.10. The average molecular weight is 665 g/mol. The van der Waals surface area contributed by atoms with Gasteiger partial charge in [-0.2, -0.15) is 15.0 Å². The first-order valence-corrected chi connectivity index (χ1v) is 16.2. The molecule has 0 aliphatic rings. The van der Waals surface area contributed by atoms with Gasteiger partial charge in [-0.25, -0.2) is 0 Å². The molecule has 0 amide bonds. The van der Waals surface area contributed by atoms with E-state index in [0.717, 1.165) is 10.8 Å². The standard InChI is InChI=1S/C45H28N6/c1-7-22-37-31(16-1)32-17-2-8-23-38(32)49(37)30-15-13-14-29(28-30)43-46-44(50-39-24-9-3-18-33(39)34-19-4-10-25-40(34)50)48-45(47-43)51-41-26-11-5-20-35(41)36-21-6-12-27-42(36)51/h1-28H/i3D,5D,9D,11D,13D,14D,15D,18D,20D,24D,26D,28D. The number of rotatable bonds is 4. The van der Waals surface area contributed by atoms with Gasteiger partial charge in [-0.15, -0.1) is 0 Å². The van der Waals surface area contributed by atoms with Gasteiger partial charge in [0.05, 0.1) is 49.5 Å². The molecule has 0 bridgehead atoms. The Morgan fingerprint density at radius 2 is 0.804 bits per heavy atom. The van der Waals surface area contributed by atoms with Crippen molar-refractivity contribution in [2.24, 2.45) is 0 Å². The minimum absolute atomic E-state index is 0.0103. The number of para-hydroxylation sites is 6. The van der Waals surface area contributed by atoms with Crippen molar-refractivity contribution in [3.8, 4) is 29.0 Å². The molecule has 6 heteroatoms. The second-order valence-corrected chi connectivity index (χ2v) is 12.0. The second kappa shape index (κ2) is 10.7. The van der Waals surface area contributed by atoms with E-state index in [9.17, 15) is 5.48 Å². The van der Waals surface area contributed by atoms with Crippen molar-refractivity contribution in [2.45, 2.75) is 0 Å². The van der Waals surface area contributed by atoms with Crippen molar-refractivity contribution in [1.82, 2.24) is 28.7 Å². The lowest BCUT2D eigenvalue weighted by molar-refractivity contribution is 0.892. The third kappa shape index (κ3) is 4.07. The van der Waals surface area contributed by atoms with Crippen molar-refractivity contribution in [3.05, 3.63) is 170 Å². The first-order valence-electron chi connectivity index (χ1n) is 22.2. The van der Waals surface area contributed by atoms with Gasteiger partial charge < -0.3 is 4.57 Å². The van der Waals surface area contributed by atoms with E-state index >= 15 is 0 Å². The number of nitrogens with zero attached hydrogens (tertiary/aromatic N) is 6. The van der Waals surface area contributed by atoms with E-state index in [4.69, 9.17) is 25.9 Å². The first-order chi connectivity index (χ1) is 30.3. The molecule has 0 fully saturated rings. The summed E-state index contributed by atoms with van der Waals surface area (Å²) in [5, 5.41) is 2.97. The molecule has 0 unspecified atom stereocenters. The highest BCUT2D eigenvalue weighted by Crippen LogP contribution is 2.36. The van der Waals surface area contributed by atoms with Crippen molar-refractivity contribution in [1.29, 1.82) is 0 Å². The maximum atomic E-state index is 9.87. The lowest BCUT2D eigenvalue weighted by Gasteiger charge is -2.13. The van der Waals surface area contributed by atoms with Gasteiger partial charge in [0.1, 0.15) is 0 Å². The Morgan fingerprint density at radius 3 is 1.31 bits per heavy atom. The predicted molar refractivity (Wildman–Crippen MR) is 208 cm³/mol. The summed E-state index contributed by atoms with van der Waals surface area (Å²) >= 11 is 0. The molecular weight excluding hydrogens is 625 g/mol. The van der Waals surface area contributed by atoms with Crippen molar-refractivity contribution < 1.29 is 16.4 Å². The molecule has 0 saturated carbocycles. The molecule has 11 aromatic rings. The highest BCUT2D eigenvalue weighted by atomic mass is 15.3. The Kier molecular flexibility index (Phi) is 3.92. The fourth-order valence-corrected chi connectivity index (χ4v) is 7.14. The van der Waals surface area contributed by atoms with Crippen LogP contribution in [0.5, 0.6) is 0 Å². The molecule has 0 aliphatic heterocycles. The van der Waals surface area contributed by atoms with Crippen LogP contribution in [-0.2, 0) is 0 Å². The van der Waals surface area contributed by atoms with E-state index in [1.54, 1.807) is 53.1 Å². The van der Waals surface area contributed by atoms with Crippen LogP contribution in [0.25, 0.3) is 94.4 Å². The summed E-state index contributed by atoms with van der Waals surface area (Å²) in [6.07, 6.45) is 0. The molecule has 0 spiro atoms. The van der Waals surface area contributed by atoms with Gasteiger partial charge in [-0.1, -0.05) is 121 Å². The fraction of sp³-hybridized carbons (Fsp3) is 0. The van der Waals surface area contributed by atoms with Gasteiger partial charge in [-0.3, -0.25) is 9.13 Å². The molecule has 4 aromatic heterocycles. The molecule has 7 aromatic carbocycles.